The van der Waals surface area contributed by atoms with Gasteiger partial charge in [0, 0.05) is 36.5 Å². The molecule has 1 fully saturated rings. The van der Waals surface area contributed by atoms with Gasteiger partial charge in [-0.05, 0) is 18.2 Å². The maximum atomic E-state index is 12.3. The van der Waals surface area contributed by atoms with E-state index in [0.29, 0.717) is 43.3 Å². The van der Waals surface area contributed by atoms with Crippen LogP contribution in [0.3, 0.4) is 0 Å². The maximum absolute atomic E-state index is 12.3. The summed E-state index contributed by atoms with van der Waals surface area (Å²) in [7, 11) is 1.53. The average molecular weight is 363 g/mol. The number of carbonyl (C=O) groups is 1. The fourth-order valence-corrected chi connectivity index (χ4v) is 3.19. The monoisotopic (exact) mass is 363 g/mol. The lowest BCUT2D eigenvalue weighted by atomic mass is 10.1. The Morgan fingerprint density at radius 1 is 1.44 bits per heavy atom. The number of aromatic nitrogens is 1. The molecule has 0 spiro atoms. The number of hydrogen-bond acceptors (Lipinski definition) is 7. The highest BCUT2D eigenvalue weighted by Crippen LogP contribution is 2.29. The van der Waals surface area contributed by atoms with Gasteiger partial charge in [-0.1, -0.05) is 0 Å². The Balaban J connectivity index is 1.60. The van der Waals surface area contributed by atoms with Crippen molar-refractivity contribution in [1.29, 1.82) is 0 Å². The number of nitrogens with zero attached hydrogens (tertiary/aromatic N) is 1. The molecule has 134 valence electrons. The molecule has 0 radical (unpaired) electrons. The molecule has 2 aromatic rings. The number of aliphatic hydroxyl groups is 1. The highest BCUT2D eigenvalue weighted by molar-refractivity contribution is 7.07. The van der Waals surface area contributed by atoms with E-state index in [1.807, 2.05) is 5.38 Å². The van der Waals surface area contributed by atoms with Gasteiger partial charge in [-0.25, -0.2) is 4.98 Å². The summed E-state index contributed by atoms with van der Waals surface area (Å²) < 4.78 is 11.0. The number of methoxy groups -OCH3 is 1. The van der Waals surface area contributed by atoms with Crippen molar-refractivity contribution in [2.24, 2.45) is 5.92 Å². The molecule has 8 heteroatoms. The predicted octanol–water partition coefficient (Wildman–Crippen LogP) is 1.04. The van der Waals surface area contributed by atoms with Gasteiger partial charge in [-0.2, -0.15) is 0 Å². The van der Waals surface area contributed by atoms with Gasteiger partial charge in [0.1, 0.15) is 6.61 Å². The van der Waals surface area contributed by atoms with Crippen LogP contribution < -0.4 is 20.1 Å². The third-order valence-electron chi connectivity index (χ3n) is 4.11. The van der Waals surface area contributed by atoms with Gasteiger partial charge < -0.3 is 25.2 Å². The number of nitrogens with one attached hydrogen (secondary N) is 2. The normalized spacial score (nSPS) is 19.6. The first kappa shape index (κ1) is 17.7. The summed E-state index contributed by atoms with van der Waals surface area (Å²) >= 11 is 1.51. The molecule has 1 aliphatic rings. The zero-order valence-corrected chi connectivity index (χ0v) is 14.7. The summed E-state index contributed by atoms with van der Waals surface area (Å²) in [6, 6.07) is 5.05. The van der Waals surface area contributed by atoms with Crippen LogP contribution in [0.1, 0.15) is 16.1 Å². The standard InChI is InChI=1S/C17H21N3O4S/c1-23-16-4-11(17(22)19-6-12-5-18-7-14(12)21)2-3-15(16)24-8-13-9-25-10-20-13/h2-4,9-10,12,14,18,21H,5-8H2,1H3,(H,19,22). The summed E-state index contributed by atoms with van der Waals surface area (Å²) in [5.74, 6) is 0.878. The first-order valence-electron chi connectivity index (χ1n) is 8.02. The molecule has 1 aliphatic heterocycles. The van der Waals surface area contributed by atoms with E-state index in [4.69, 9.17) is 9.47 Å². The SMILES string of the molecule is COc1cc(C(=O)NCC2CNCC2O)ccc1OCc1cscn1. The highest BCUT2D eigenvalue weighted by Gasteiger charge is 2.25. The topological polar surface area (TPSA) is 92.7 Å². The van der Waals surface area contributed by atoms with Gasteiger partial charge >= 0.3 is 0 Å². The quantitative estimate of drug-likeness (QED) is 0.681. The van der Waals surface area contributed by atoms with E-state index < -0.39 is 6.10 Å². The minimum Gasteiger partial charge on any atom is -0.493 e. The second-order valence-electron chi connectivity index (χ2n) is 5.83. The van der Waals surface area contributed by atoms with Crippen LogP contribution >= 0.6 is 11.3 Å². The summed E-state index contributed by atoms with van der Waals surface area (Å²) in [6.45, 7) is 2.04. The van der Waals surface area contributed by atoms with Crippen LogP contribution in [-0.4, -0.2) is 48.8 Å². The number of rotatable bonds is 7. The number of ether oxygens (including phenoxy) is 2. The van der Waals surface area contributed by atoms with Gasteiger partial charge in [0.25, 0.3) is 5.91 Å². The minimum absolute atomic E-state index is 0.0339. The molecule has 7 nitrogen and oxygen atoms in total. The Kier molecular flexibility index (Phi) is 5.85. The largest absolute Gasteiger partial charge is 0.493 e. The Hall–Kier alpha value is -2.16. The molecule has 3 N–H and O–H groups in total. The average Bonchev–Trinajstić information content (AvgIpc) is 3.29. The summed E-state index contributed by atoms with van der Waals surface area (Å²) in [4.78, 5) is 16.5. The van der Waals surface area contributed by atoms with Crippen molar-refractivity contribution in [1.82, 2.24) is 15.6 Å². The summed E-state index contributed by atoms with van der Waals surface area (Å²) in [5, 5.41) is 17.6. The van der Waals surface area contributed by atoms with Crippen LogP contribution in [0.15, 0.2) is 29.1 Å². The molecule has 0 aliphatic carbocycles. The number of hydrogen-bond donors (Lipinski definition) is 3. The molecule has 2 atom stereocenters. The predicted molar refractivity (Wildman–Crippen MR) is 94.1 cm³/mol. The van der Waals surface area contributed by atoms with E-state index >= 15 is 0 Å². The van der Waals surface area contributed by atoms with Crippen molar-refractivity contribution in [3.05, 3.63) is 40.3 Å². The lowest BCUT2D eigenvalue weighted by Crippen LogP contribution is -2.34. The van der Waals surface area contributed by atoms with Crippen molar-refractivity contribution >= 4 is 17.2 Å². The van der Waals surface area contributed by atoms with Crippen molar-refractivity contribution in [2.75, 3.05) is 26.7 Å². The second-order valence-corrected chi connectivity index (χ2v) is 6.55. The van der Waals surface area contributed by atoms with Crippen LogP contribution in [0.5, 0.6) is 11.5 Å². The van der Waals surface area contributed by atoms with Crippen molar-refractivity contribution < 1.29 is 19.4 Å². The van der Waals surface area contributed by atoms with E-state index in [2.05, 4.69) is 15.6 Å². The molecule has 2 heterocycles. The van der Waals surface area contributed by atoms with Crippen molar-refractivity contribution in [3.8, 4) is 11.5 Å². The van der Waals surface area contributed by atoms with Gasteiger partial charge in [0.05, 0.1) is 24.4 Å². The first-order valence-corrected chi connectivity index (χ1v) is 8.96. The van der Waals surface area contributed by atoms with E-state index in [-0.39, 0.29) is 11.8 Å². The number of aliphatic hydroxyl groups excluding tert-OH is 1. The molecular weight excluding hydrogens is 342 g/mol. The number of benzene rings is 1. The van der Waals surface area contributed by atoms with E-state index in [1.54, 1.807) is 23.7 Å². The van der Waals surface area contributed by atoms with E-state index in [0.717, 1.165) is 5.69 Å². The van der Waals surface area contributed by atoms with Crippen LogP contribution in [0.2, 0.25) is 0 Å². The zero-order chi connectivity index (χ0) is 17.6. The molecule has 0 saturated carbocycles. The Morgan fingerprint density at radius 2 is 2.32 bits per heavy atom. The molecular formula is C17H21N3O4S. The molecule has 1 aromatic heterocycles. The van der Waals surface area contributed by atoms with Crippen molar-refractivity contribution in [2.45, 2.75) is 12.7 Å². The number of amides is 1. The van der Waals surface area contributed by atoms with Crippen LogP contribution in [0, 0.1) is 5.92 Å². The fraction of sp³-hybridized carbons (Fsp3) is 0.412. The molecule has 1 amide bonds. The minimum atomic E-state index is -0.420. The Labute approximate surface area is 150 Å². The van der Waals surface area contributed by atoms with E-state index in [1.165, 1.54) is 18.4 Å². The van der Waals surface area contributed by atoms with Crippen LogP contribution in [0.4, 0.5) is 0 Å². The lowest BCUT2D eigenvalue weighted by molar-refractivity contribution is 0.0926. The van der Waals surface area contributed by atoms with Crippen LogP contribution in [0.25, 0.3) is 0 Å². The lowest BCUT2D eigenvalue weighted by Gasteiger charge is -2.15. The Morgan fingerprint density at radius 3 is 3.00 bits per heavy atom. The summed E-state index contributed by atoms with van der Waals surface area (Å²) in [6.07, 6.45) is -0.420. The number of β-amino-alcohol motifs (C(OH)–C–C–N with tert-alkyl or cyclic N) is 1. The number of thiazole rings is 1. The third-order valence-corrected chi connectivity index (χ3v) is 4.75. The maximum Gasteiger partial charge on any atom is 0.251 e. The molecule has 25 heavy (non-hydrogen) atoms. The highest BCUT2D eigenvalue weighted by atomic mass is 32.1. The fourth-order valence-electron chi connectivity index (χ4n) is 2.64. The van der Waals surface area contributed by atoms with Gasteiger partial charge in [-0.3, -0.25) is 4.79 Å². The molecule has 3 rings (SSSR count). The summed E-state index contributed by atoms with van der Waals surface area (Å²) in [5.41, 5.74) is 3.08. The van der Waals surface area contributed by atoms with Crippen molar-refractivity contribution in [3.63, 3.8) is 0 Å². The zero-order valence-electron chi connectivity index (χ0n) is 13.9. The molecule has 2 unspecified atom stereocenters. The first-order chi connectivity index (χ1) is 12.2. The number of carbonyl (C=O) groups excluding carboxylic acids is 1. The Bertz CT molecular complexity index is 708. The van der Waals surface area contributed by atoms with Gasteiger partial charge in [0.15, 0.2) is 11.5 Å². The molecule has 1 aromatic carbocycles. The molecule has 0 bridgehead atoms. The van der Waals surface area contributed by atoms with Gasteiger partial charge in [-0.15, -0.1) is 11.3 Å². The smallest absolute Gasteiger partial charge is 0.251 e. The van der Waals surface area contributed by atoms with Gasteiger partial charge in [0.2, 0.25) is 0 Å². The third kappa shape index (κ3) is 4.47. The van der Waals surface area contributed by atoms with Crippen LogP contribution in [-0.2, 0) is 6.61 Å². The molecule has 1 saturated heterocycles. The van der Waals surface area contributed by atoms with E-state index in [9.17, 15) is 9.90 Å². The second kappa shape index (κ2) is 8.28.